The molecule has 0 amide bonds. The number of nitrogens with one attached hydrogen (secondary N) is 1. The summed E-state index contributed by atoms with van der Waals surface area (Å²) >= 11 is 5.80. The van der Waals surface area contributed by atoms with E-state index in [0.717, 1.165) is 11.8 Å². The maximum Gasteiger partial charge on any atom is 0.348 e. The zero-order valence-corrected chi connectivity index (χ0v) is 12.0. The fraction of sp³-hybridized carbons (Fsp3) is 0.692. The van der Waals surface area contributed by atoms with Crippen LogP contribution in [0.1, 0.15) is 32.6 Å². The van der Waals surface area contributed by atoms with Crippen LogP contribution in [0.4, 0.5) is 11.5 Å². The van der Waals surface area contributed by atoms with E-state index in [1.807, 2.05) is 0 Å². The maximum absolute atomic E-state index is 11.1. The zero-order chi connectivity index (χ0) is 14.3. The largest absolute Gasteiger partial charge is 0.361 e. The van der Waals surface area contributed by atoms with Crippen LogP contribution in [0, 0.1) is 27.9 Å². The molecule has 3 rings (SSSR count). The number of halogens is 1. The van der Waals surface area contributed by atoms with Gasteiger partial charge >= 0.3 is 5.69 Å². The van der Waals surface area contributed by atoms with Crippen molar-refractivity contribution in [1.29, 1.82) is 0 Å². The Labute approximate surface area is 122 Å². The van der Waals surface area contributed by atoms with Crippen molar-refractivity contribution in [2.75, 3.05) is 5.32 Å². The lowest BCUT2D eigenvalue weighted by molar-refractivity contribution is -0.384. The van der Waals surface area contributed by atoms with Gasteiger partial charge in [-0.3, -0.25) is 10.1 Å². The first-order valence-corrected chi connectivity index (χ1v) is 7.35. The van der Waals surface area contributed by atoms with Gasteiger partial charge < -0.3 is 5.32 Å². The second kappa shape index (κ2) is 5.16. The number of hydrogen-bond acceptors (Lipinski definition) is 5. The fourth-order valence-corrected chi connectivity index (χ4v) is 4.06. The molecule has 0 radical (unpaired) electrons. The average Bonchev–Trinajstić information content (AvgIpc) is 3.00. The Morgan fingerprint density at radius 3 is 2.85 bits per heavy atom. The molecule has 0 aliphatic heterocycles. The van der Waals surface area contributed by atoms with Crippen molar-refractivity contribution in [3.63, 3.8) is 0 Å². The van der Waals surface area contributed by atoms with Gasteiger partial charge in [-0.05, 0) is 43.9 Å². The van der Waals surface area contributed by atoms with Crippen molar-refractivity contribution >= 4 is 23.1 Å². The summed E-state index contributed by atoms with van der Waals surface area (Å²) in [5.41, 5.74) is -0.232. The highest BCUT2D eigenvalue weighted by molar-refractivity contribution is 6.31. The van der Waals surface area contributed by atoms with Crippen molar-refractivity contribution in [2.45, 2.75) is 38.6 Å². The van der Waals surface area contributed by atoms with Crippen LogP contribution < -0.4 is 5.32 Å². The summed E-state index contributed by atoms with van der Waals surface area (Å²) in [6.45, 7) is 2.07. The number of nitrogens with zero attached hydrogens (tertiary/aromatic N) is 3. The highest BCUT2D eigenvalue weighted by Crippen LogP contribution is 2.50. The summed E-state index contributed by atoms with van der Waals surface area (Å²) in [5.74, 6) is 2.39. The molecule has 2 aliphatic carbocycles. The minimum Gasteiger partial charge on any atom is -0.361 e. The molecule has 20 heavy (non-hydrogen) atoms. The third kappa shape index (κ3) is 2.32. The summed E-state index contributed by atoms with van der Waals surface area (Å²) < 4.78 is 0. The molecule has 2 fully saturated rings. The minimum atomic E-state index is -0.530. The second-order valence-corrected chi connectivity index (χ2v) is 6.25. The van der Waals surface area contributed by atoms with Crippen LogP contribution >= 0.6 is 11.6 Å². The third-order valence-electron chi connectivity index (χ3n) is 4.76. The summed E-state index contributed by atoms with van der Waals surface area (Å²) in [6.07, 6.45) is 6.40. The van der Waals surface area contributed by atoms with E-state index in [1.165, 1.54) is 32.0 Å². The minimum absolute atomic E-state index is 0.118. The van der Waals surface area contributed by atoms with E-state index in [0.29, 0.717) is 5.92 Å². The van der Waals surface area contributed by atoms with Crippen LogP contribution in [-0.2, 0) is 0 Å². The molecule has 6 nitrogen and oxygen atoms in total. The Morgan fingerprint density at radius 2 is 2.25 bits per heavy atom. The Balaban J connectivity index is 1.78. The summed E-state index contributed by atoms with van der Waals surface area (Å²) in [6, 6.07) is 0.162. The normalized spacial score (nSPS) is 29.4. The molecule has 2 aliphatic rings. The van der Waals surface area contributed by atoms with E-state index >= 15 is 0 Å². The molecule has 4 atom stereocenters. The Kier molecular flexibility index (Phi) is 3.50. The number of anilines is 1. The molecule has 1 aromatic rings. The van der Waals surface area contributed by atoms with Gasteiger partial charge in [0.1, 0.15) is 6.33 Å². The SMILES string of the molecule is CC(Nc1ncnc(Cl)c1[N+](=O)[O-])C1CC2CCC1C2. The highest BCUT2D eigenvalue weighted by atomic mass is 35.5. The number of hydrogen-bond donors (Lipinski definition) is 1. The molecule has 7 heteroatoms. The van der Waals surface area contributed by atoms with Gasteiger partial charge in [-0.15, -0.1) is 0 Å². The van der Waals surface area contributed by atoms with Gasteiger partial charge in [0.2, 0.25) is 11.0 Å². The Bertz CT molecular complexity index is 539. The predicted octanol–water partition coefficient (Wildman–Crippen LogP) is 3.27. The van der Waals surface area contributed by atoms with E-state index in [9.17, 15) is 10.1 Å². The fourth-order valence-electron chi connectivity index (χ4n) is 3.85. The topological polar surface area (TPSA) is 81.0 Å². The van der Waals surface area contributed by atoms with E-state index in [4.69, 9.17) is 11.6 Å². The third-order valence-corrected chi connectivity index (χ3v) is 5.04. The average molecular weight is 297 g/mol. The predicted molar refractivity (Wildman–Crippen MR) is 75.7 cm³/mol. The van der Waals surface area contributed by atoms with Crippen molar-refractivity contribution in [3.8, 4) is 0 Å². The van der Waals surface area contributed by atoms with E-state index in [-0.39, 0.29) is 22.7 Å². The molecule has 1 aromatic heterocycles. The quantitative estimate of drug-likeness (QED) is 0.524. The van der Waals surface area contributed by atoms with Crippen LogP contribution in [0.3, 0.4) is 0 Å². The summed E-state index contributed by atoms with van der Waals surface area (Å²) in [5, 5.41) is 14.1. The van der Waals surface area contributed by atoms with Crippen molar-refractivity contribution < 1.29 is 4.92 Å². The lowest BCUT2D eigenvalue weighted by Crippen LogP contribution is -2.30. The molecule has 0 saturated heterocycles. The van der Waals surface area contributed by atoms with Crippen LogP contribution in [-0.4, -0.2) is 20.9 Å². The molecule has 2 saturated carbocycles. The molecule has 0 aromatic carbocycles. The van der Waals surface area contributed by atoms with Gasteiger partial charge in [-0.2, -0.15) is 0 Å². The van der Waals surface area contributed by atoms with Gasteiger partial charge in [-0.25, -0.2) is 9.97 Å². The molecular weight excluding hydrogens is 280 g/mol. The van der Waals surface area contributed by atoms with Gasteiger partial charge in [0, 0.05) is 6.04 Å². The maximum atomic E-state index is 11.1. The molecule has 108 valence electrons. The lowest BCUT2D eigenvalue weighted by atomic mass is 9.84. The molecular formula is C13H17ClN4O2. The van der Waals surface area contributed by atoms with Crippen molar-refractivity contribution in [1.82, 2.24) is 9.97 Å². The van der Waals surface area contributed by atoms with Gasteiger partial charge in [0.05, 0.1) is 4.92 Å². The van der Waals surface area contributed by atoms with Gasteiger partial charge in [0.15, 0.2) is 0 Å². The standard InChI is InChI=1S/C13H17ClN4O2/c1-7(10-5-8-2-3-9(10)4-8)17-13-11(18(19)20)12(14)15-6-16-13/h6-10H,2-5H2,1H3,(H,15,16,17). The van der Waals surface area contributed by atoms with Gasteiger partial charge in [-0.1, -0.05) is 18.0 Å². The van der Waals surface area contributed by atoms with E-state index in [1.54, 1.807) is 0 Å². The molecule has 1 heterocycles. The number of nitro groups is 1. The van der Waals surface area contributed by atoms with Crippen molar-refractivity contribution in [2.24, 2.45) is 17.8 Å². The molecule has 4 unspecified atom stereocenters. The smallest absolute Gasteiger partial charge is 0.348 e. The van der Waals surface area contributed by atoms with Crippen LogP contribution in [0.2, 0.25) is 5.15 Å². The lowest BCUT2D eigenvalue weighted by Gasteiger charge is -2.28. The molecule has 1 N–H and O–H groups in total. The molecule has 2 bridgehead atoms. The Morgan fingerprint density at radius 1 is 1.45 bits per heavy atom. The first kappa shape index (κ1) is 13.5. The zero-order valence-electron chi connectivity index (χ0n) is 11.3. The second-order valence-electron chi connectivity index (χ2n) is 5.89. The summed E-state index contributed by atoms with van der Waals surface area (Å²) in [7, 11) is 0. The highest BCUT2D eigenvalue weighted by Gasteiger charge is 2.42. The number of aromatic nitrogens is 2. The molecule has 0 spiro atoms. The van der Waals surface area contributed by atoms with Crippen molar-refractivity contribution in [3.05, 3.63) is 21.6 Å². The number of rotatable bonds is 4. The van der Waals surface area contributed by atoms with E-state index < -0.39 is 4.92 Å². The van der Waals surface area contributed by atoms with Crippen LogP contribution in [0.5, 0.6) is 0 Å². The summed E-state index contributed by atoms with van der Waals surface area (Å²) in [4.78, 5) is 18.2. The Hall–Kier alpha value is -1.43. The monoisotopic (exact) mass is 296 g/mol. The first-order valence-electron chi connectivity index (χ1n) is 6.97. The van der Waals surface area contributed by atoms with E-state index in [2.05, 4.69) is 22.2 Å². The van der Waals surface area contributed by atoms with Gasteiger partial charge in [0.25, 0.3) is 0 Å². The first-order chi connectivity index (χ1) is 9.56. The number of fused-ring (bicyclic) bond motifs is 2. The van der Waals surface area contributed by atoms with Crippen LogP contribution in [0.25, 0.3) is 0 Å². The van der Waals surface area contributed by atoms with Crippen LogP contribution in [0.15, 0.2) is 6.33 Å².